The lowest BCUT2D eigenvalue weighted by atomic mass is 9.96. The zero-order valence-electron chi connectivity index (χ0n) is 13.8. The van der Waals surface area contributed by atoms with Crippen molar-refractivity contribution < 1.29 is 14.3 Å². The third kappa shape index (κ3) is 4.68. The van der Waals surface area contributed by atoms with E-state index in [1.807, 2.05) is 11.8 Å². The maximum Gasteiger partial charge on any atom is 0.237 e. The molecule has 2 heterocycles. The summed E-state index contributed by atoms with van der Waals surface area (Å²) in [6, 6.07) is -0.0250. The maximum atomic E-state index is 12.3. The molecule has 3 atom stereocenters. The molecule has 22 heavy (non-hydrogen) atoms. The first kappa shape index (κ1) is 17.2. The molecule has 0 saturated carbocycles. The number of carbonyl (C=O) groups is 2. The van der Waals surface area contributed by atoms with Crippen molar-refractivity contribution in [2.24, 2.45) is 11.8 Å². The first-order valence-corrected chi connectivity index (χ1v) is 8.40. The lowest BCUT2D eigenvalue weighted by Gasteiger charge is -2.34. The summed E-state index contributed by atoms with van der Waals surface area (Å²) in [6.45, 7) is 5.53. The molecule has 2 aliphatic heterocycles. The van der Waals surface area contributed by atoms with Crippen LogP contribution in [0.5, 0.6) is 0 Å². The fourth-order valence-electron chi connectivity index (χ4n) is 3.34. The van der Waals surface area contributed by atoms with E-state index in [0.717, 1.165) is 45.3 Å². The van der Waals surface area contributed by atoms with Crippen molar-refractivity contribution in [3.8, 4) is 0 Å². The largest absolute Gasteiger partial charge is 0.384 e. The Bertz CT molecular complexity index is 383. The Morgan fingerprint density at radius 2 is 2.18 bits per heavy atom. The predicted molar refractivity (Wildman–Crippen MR) is 84.4 cm³/mol. The number of rotatable bonds is 6. The smallest absolute Gasteiger partial charge is 0.237 e. The van der Waals surface area contributed by atoms with E-state index in [2.05, 4.69) is 10.6 Å². The van der Waals surface area contributed by atoms with E-state index in [1.165, 1.54) is 0 Å². The molecular formula is C16H29N3O3. The average molecular weight is 311 g/mol. The summed E-state index contributed by atoms with van der Waals surface area (Å²) in [6.07, 6.45) is 4.07. The minimum Gasteiger partial charge on any atom is -0.384 e. The van der Waals surface area contributed by atoms with Crippen LogP contribution in [-0.2, 0) is 14.3 Å². The summed E-state index contributed by atoms with van der Waals surface area (Å²) in [5, 5.41) is 6.25. The Morgan fingerprint density at radius 1 is 1.36 bits per heavy atom. The number of piperidine rings is 1. The van der Waals surface area contributed by atoms with Crippen molar-refractivity contribution in [1.29, 1.82) is 0 Å². The molecule has 2 N–H and O–H groups in total. The second-order valence-electron chi connectivity index (χ2n) is 6.54. The number of ether oxygens (including phenoxy) is 1. The van der Waals surface area contributed by atoms with Crippen LogP contribution in [0.25, 0.3) is 0 Å². The van der Waals surface area contributed by atoms with Crippen LogP contribution in [0.3, 0.4) is 0 Å². The predicted octanol–water partition coefficient (Wildman–Crippen LogP) is 0.376. The van der Waals surface area contributed by atoms with Gasteiger partial charge in [0.1, 0.15) is 0 Å². The average Bonchev–Trinajstić information content (AvgIpc) is 3.07. The number of methoxy groups -OCH3 is 1. The molecule has 0 aromatic heterocycles. The molecule has 0 spiro atoms. The van der Waals surface area contributed by atoms with Crippen molar-refractivity contribution in [2.45, 2.75) is 38.6 Å². The van der Waals surface area contributed by atoms with Crippen LogP contribution in [-0.4, -0.2) is 62.7 Å². The van der Waals surface area contributed by atoms with E-state index < -0.39 is 0 Å². The molecular weight excluding hydrogens is 282 g/mol. The Kier molecular flexibility index (Phi) is 6.64. The third-order valence-electron chi connectivity index (χ3n) is 4.61. The second kappa shape index (κ2) is 8.48. The van der Waals surface area contributed by atoms with Gasteiger partial charge in [0.2, 0.25) is 11.8 Å². The van der Waals surface area contributed by atoms with Gasteiger partial charge in [-0.15, -0.1) is 0 Å². The molecule has 0 aromatic rings. The van der Waals surface area contributed by atoms with Crippen LogP contribution >= 0.6 is 0 Å². The van der Waals surface area contributed by atoms with Gasteiger partial charge in [-0.3, -0.25) is 9.59 Å². The van der Waals surface area contributed by atoms with Gasteiger partial charge in [0, 0.05) is 26.7 Å². The summed E-state index contributed by atoms with van der Waals surface area (Å²) < 4.78 is 5.07. The SMILES string of the molecule is COCC(C)C(=O)N1CCCC(CNC(=O)C2CCCN2)C1. The van der Waals surface area contributed by atoms with Crippen LogP contribution in [0.15, 0.2) is 0 Å². The normalized spacial score (nSPS) is 26.7. The molecule has 2 fully saturated rings. The number of carbonyl (C=O) groups excluding carboxylic acids is 2. The minimum absolute atomic E-state index is 0.0250. The van der Waals surface area contributed by atoms with Crippen LogP contribution in [0.4, 0.5) is 0 Å². The molecule has 6 nitrogen and oxygen atoms in total. The van der Waals surface area contributed by atoms with Crippen LogP contribution in [0.2, 0.25) is 0 Å². The highest BCUT2D eigenvalue weighted by Crippen LogP contribution is 2.18. The number of nitrogens with one attached hydrogen (secondary N) is 2. The van der Waals surface area contributed by atoms with E-state index in [4.69, 9.17) is 4.74 Å². The van der Waals surface area contributed by atoms with Gasteiger partial charge in [0.25, 0.3) is 0 Å². The highest BCUT2D eigenvalue weighted by molar-refractivity contribution is 5.82. The first-order chi connectivity index (χ1) is 10.6. The van der Waals surface area contributed by atoms with Crippen molar-refractivity contribution in [3.05, 3.63) is 0 Å². The molecule has 126 valence electrons. The van der Waals surface area contributed by atoms with Gasteiger partial charge in [-0.05, 0) is 38.1 Å². The fourth-order valence-corrected chi connectivity index (χ4v) is 3.34. The number of hydrogen-bond acceptors (Lipinski definition) is 4. The van der Waals surface area contributed by atoms with Gasteiger partial charge in [-0.25, -0.2) is 0 Å². The molecule has 0 aliphatic carbocycles. The molecule has 2 rings (SSSR count). The van der Waals surface area contributed by atoms with Gasteiger partial charge in [-0.2, -0.15) is 0 Å². The number of amides is 2. The van der Waals surface area contributed by atoms with Crippen molar-refractivity contribution in [1.82, 2.24) is 15.5 Å². The van der Waals surface area contributed by atoms with Gasteiger partial charge < -0.3 is 20.3 Å². The van der Waals surface area contributed by atoms with Gasteiger partial charge in [0.15, 0.2) is 0 Å². The summed E-state index contributed by atoms with van der Waals surface area (Å²) in [7, 11) is 1.62. The molecule has 2 amide bonds. The molecule has 0 aromatic carbocycles. The molecule has 2 saturated heterocycles. The number of likely N-dealkylation sites (tertiary alicyclic amines) is 1. The van der Waals surface area contributed by atoms with E-state index in [-0.39, 0.29) is 23.8 Å². The maximum absolute atomic E-state index is 12.3. The zero-order chi connectivity index (χ0) is 15.9. The Hall–Kier alpha value is -1.14. The Balaban J connectivity index is 1.75. The topological polar surface area (TPSA) is 70.7 Å². The summed E-state index contributed by atoms with van der Waals surface area (Å²) in [4.78, 5) is 26.3. The van der Waals surface area contributed by atoms with E-state index in [1.54, 1.807) is 7.11 Å². The van der Waals surface area contributed by atoms with E-state index in [0.29, 0.717) is 19.1 Å². The second-order valence-corrected chi connectivity index (χ2v) is 6.54. The monoisotopic (exact) mass is 311 g/mol. The summed E-state index contributed by atoms with van der Waals surface area (Å²) in [5.41, 5.74) is 0. The lowest BCUT2D eigenvalue weighted by Crippen LogP contribution is -2.48. The molecule has 2 aliphatic rings. The van der Waals surface area contributed by atoms with Gasteiger partial charge >= 0.3 is 0 Å². The first-order valence-electron chi connectivity index (χ1n) is 8.40. The molecule has 6 heteroatoms. The molecule has 3 unspecified atom stereocenters. The van der Waals surface area contributed by atoms with E-state index in [9.17, 15) is 9.59 Å². The van der Waals surface area contributed by atoms with E-state index >= 15 is 0 Å². The molecule has 0 bridgehead atoms. The lowest BCUT2D eigenvalue weighted by molar-refractivity contribution is -0.138. The Labute approximate surface area is 132 Å². The number of nitrogens with zero attached hydrogens (tertiary/aromatic N) is 1. The van der Waals surface area contributed by atoms with Crippen molar-refractivity contribution >= 4 is 11.8 Å². The van der Waals surface area contributed by atoms with Crippen molar-refractivity contribution in [2.75, 3.05) is 39.9 Å². The van der Waals surface area contributed by atoms with Crippen LogP contribution in [0, 0.1) is 11.8 Å². The van der Waals surface area contributed by atoms with Crippen LogP contribution < -0.4 is 10.6 Å². The highest BCUT2D eigenvalue weighted by atomic mass is 16.5. The van der Waals surface area contributed by atoms with Crippen LogP contribution in [0.1, 0.15) is 32.6 Å². The minimum atomic E-state index is -0.0963. The summed E-state index contributed by atoms with van der Waals surface area (Å²) >= 11 is 0. The third-order valence-corrected chi connectivity index (χ3v) is 4.61. The van der Waals surface area contributed by atoms with Gasteiger partial charge in [0.05, 0.1) is 18.6 Å². The highest BCUT2D eigenvalue weighted by Gasteiger charge is 2.28. The standard InChI is InChI=1S/C16H29N3O3/c1-12(11-22-2)16(21)19-8-4-5-13(10-19)9-18-15(20)14-6-3-7-17-14/h12-14,17H,3-11H2,1-2H3,(H,18,20). The molecule has 0 radical (unpaired) electrons. The fraction of sp³-hybridized carbons (Fsp3) is 0.875. The number of hydrogen-bond donors (Lipinski definition) is 2. The quantitative estimate of drug-likeness (QED) is 0.744. The van der Waals surface area contributed by atoms with Crippen molar-refractivity contribution in [3.63, 3.8) is 0 Å². The zero-order valence-corrected chi connectivity index (χ0v) is 13.8. The summed E-state index contributed by atoms with van der Waals surface area (Å²) in [5.74, 6) is 0.530. The Morgan fingerprint density at radius 3 is 2.86 bits per heavy atom. The van der Waals surface area contributed by atoms with Gasteiger partial charge in [-0.1, -0.05) is 6.92 Å².